The Morgan fingerprint density at radius 1 is 1.26 bits per heavy atom. The van der Waals surface area contributed by atoms with Crippen LogP contribution in [0.2, 0.25) is 10.2 Å². The van der Waals surface area contributed by atoms with Crippen LogP contribution in [0.15, 0.2) is 30.3 Å². The number of nitrogens with zero attached hydrogens (tertiary/aromatic N) is 1. The smallest absolute Gasteiger partial charge is 0.275 e. The Bertz CT molecular complexity index is 626. The van der Waals surface area contributed by atoms with E-state index in [0.717, 1.165) is 0 Å². The van der Waals surface area contributed by atoms with Gasteiger partial charge in [-0.2, -0.15) is 0 Å². The van der Waals surface area contributed by atoms with E-state index in [9.17, 15) is 9.18 Å². The molecule has 3 nitrogen and oxygen atoms in total. The number of rotatable bonds is 2. The summed E-state index contributed by atoms with van der Waals surface area (Å²) in [7, 11) is 0. The largest absolute Gasteiger partial charge is 0.318 e. The lowest BCUT2D eigenvalue weighted by molar-refractivity contribution is 0.102. The van der Waals surface area contributed by atoms with E-state index in [1.54, 1.807) is 19.1 Å². The molecule has 0 radical (unpaired) electrons. The van der Waals surface area contributed by atoms with Gasteiger partial charge < -0.3 is 5.32 Å². The van der Waals surface area contributed by atoms with E-state index in [-0.39, 0.29) is 21.6 Å². The van der Waals surface area contributed by atoms with Gasteiger partial charge in [0.1, 0.15) is 16.7 Å². The van der Waals surface area contributed by atoms with Crippen LogP contribution >= 0.6 is 23.2 Å². The normalized spacial score (nSPS) is 10.3. The Labute approximate surface area is 119 Å². The number of pyridine rings is 1. The van der Waals surface area contributed by atoms with Crippen molar-refractivity contribution >= 4 is 34.8 Å². The van der Waals surface area contributed by atoms with Crippen LogP contribution in [0.1, 0.15) is 16.1 Å². The number of anilines is 1. The SMILES string of the molecule is Cc1cccc(F)c1NC(=O)c1nc(Cl)ccc1Cl. The van der Waals surface area contributed by atoms with Gasteiger partial charge in [-0.3, -0.25) is 4.79 Å². The molecule has 6 heteroatoms. The van der Waals surface area contributed by atoms with Gasteiger partial charge in [0.25, 0.3) is 5.91 Å². The second kappa shape index (κ2) is 5.55. The summed E-state index contributed by atoms with van der Waals surface area (Å²) < 4.78 is 13.6. The number of carbonyl (C=O) groups is 1. The van der Waals surface area contributed by atoms with Gasteiger partial charge in [0.05, 0.1) is 10.7 Å². The molecule has 0 saturated carbocycles. The highest BCUT2D eigenvalue weighted by atomic mass is 35.5. The molecule has 0 aliphatic heterocycles. The average Bonchev–Trinajstić information content (AvgIpc) is 2.37. The molecule has 0 aliphatic rings. The van der Waals surface area contributed by atoms with Crippen LogP contribution in [0.5, 0.6) is 0 Å². The Morgan fingerprint density at radius 2 is 2.00 bits per heavy atom. The molecular weight excluding hydrogens is 290 g/mol. The van der Waals surface area contributed by atoms with Crippen LogP contribution < -0.4 is 5.32 Å². The molecule has 0 unspecified atom stereocenters. The van der Waals surface area contributed by atoms with Crippen molar-refractivity contribution in [3.8, 4) is 0 Å². The number of benzene rings is 1. The van der Waals surface area contributed by atoms with E-state index < -0.39 is 11.7 Å². The maximum atomic E-state index is 13.6. The molecule has 19 heavy (non-hydrogen) atoms. The van der Waals surface area contributed by atoms with Gasteiger partial charge in [0.2, 0.25) is 0 Å². The van der Waals surface area contributed by atoms with Crippen molar-refractivity contribution < 1.29 is 9.18 Å². The first kappa shape index (κ1) is 13.8. The number of aryl methyl sites for hydroxylation is 1. The number of aromatic nitrogens is 1. The molecule has 0 saturated heterocycles. The molecule has 2 aromatic rings. The van der Waals surface area contributed by atoms with Crippen molar-refractivity contribution in [1.29, 1.82) is 0 Å². The molecule has 1 aromatic heterocycles. The molecule has 98 valence electrons. The van der Waals surface area contributed by atoms with Gasteiger partial charge >= 0.3 is 0 Å². The first-order valence-corrected chi connectivity index (χ1v) is 6.13. The third kappa shape index (κ3) is 3.03. The van der Waals surface area contributed by atoms with Crippen molar-refractivity contribution in [3.05, 3.63) is 57.6 Å². The summed E-state index contributed by atoms with van der Waals surface area (Å²) in [6, 6.07) is 7.43. The predicted octanol–water partition coefficient (Wildman–Crippen LogP) is 4.09. The minimum Gasteiger partial charge on any atom is -0.318 e. The summed E-state index contributed by atoms with van der Waals surface area (Å²) >= 11 is 11.6. The molecule has 0 atom stereocenters. The van der Waals surface area contributed by atoms with Crippen LogP contribution in [0, 0.1) is 12.7 Å². The van der Waals surface area contributed by atoms with Crippen molar-refractivity contribution in [3.63, 3.8) is 0 Å². The van der Waals surface area contributed by atoms with Gasteiger partial charge in [0, 0.05) is 0 Å². The zero-order valence-electron chi connectivity index (χ0n) is 9.88. The second-order valence-electron chi connectivity index (χ2n) is 3.85. The van der Waals surface area contributed by atoms with Gasteiger partial charge in [0.15, 0.2) is 0 Å². The number of nitrogens with one attached hydrogen (secondary N) is 1. The quantitative estimate of drug-likeness (QED) is 0.849. The maximum absolute atomic E-state index is 13.6. The zero-order chi connectivity index (χ0) is 14.0. The number of halogens is 3. The Kier molecular flexibility index (Phi) is 4.02. The van der Waals surface area contributed by atoms with Gasteiger partial charge in [-0.15, -0.1) is 0 Å². The molecule has 1 N–H and O–H groups in total. The molecule has 0 bridgehead atoms. The van der Waals surface area contributed by atoms with Crippen LogP contribution in [-0.4, -0.2) is 10.9 Å². The summed E-state index contributed by atoms with van der Waals surface area (Å²) in [4.78, 5) is 15.8. The summed E-state index contributed by atoms with van der Waals surface area (Å²) in [5.41, 5.74) is 0.661. The van der Waals surface area contributed by atoms with Gasteiger partial charge in [-0.05, 0) is 30.7 Å². The molecule has 1 amide bonds. The molecule has 0 fully saturated rings. The third-order valence-corrected chi connectivity index (χ3v) is 3.00. The first-order valence-electron chi connectivity index (χ1n) is 5.37. The lowest BCUT2D eigenvalue weighted by Gasteiger charge is -2.09. The number of hydrogen-bond donors (Lipinski definition) is 1. The van der Waals surface area contributed by atoms with E-state index >= 15 is 0 Å². The summed E-state index contributed by atoms with van der Waals surface area (Å²) in [6.07, 6.45) is 0. The monoisotopic (exact) mass is 298 g/mol. The second-order valence-corrected chi connectivity index (χ2v) is 4.64. The van der Waals surface area contributed by atoms with Crippen LogP contribution in [0.3, 0.4) is 0 Å². The van der Waals surface area contributed by atoms with Gasteiger partial charge in [-0.25, -0.2) is 9.37 Å². The fourth-order valence-electron chi connectivity index (χ4n) is 1.54. The Balaban J connectivity index is 2.34. The third-order valence-electron chi connectivity index (χ3n) is 2.49. The van der Waals surface area contributed by atoms with E-state index in [4.69, 9.17) is 23.2 Å². The molecule has 2 rings (SSSR count). The van der Waals surface area contributed by atoms with Gasteiger partial charge in [-0.1, -0.05) is 35.3 Å². The highest BCUT2D eigenvalue weighted by molar-refractivity contribution is 6.35. The van der Waals surface area contributed by atoms with E-state index in [1.807, 2.05) is 0 Å². The first-order chi connectivity index (χ1) is 8.99. The van der Waals surface area contributed by atoms with E-state index in [0.29, 0.717) is 5.56 Å². The number of hydrogen-bond acceptors (Lipinski definition) is 2. The lowest BCUT2D eigenvalue weighted by atomic mass is 10.2. The Morgan fingerprint density at radius 3 is 2.68 bits per heavy atom. The highest BCUT2D eigenvalue weighted by Crippen LogP contribution is 2.22. The molecule has 0 aliphatic carbocycles. The fraction of sp³-hybridized carbons (Fsp3) is 0.0769. The minimum absolute atomic E-state index is 0.0446. The van der Waals surface area contributed by atoms with Crippen molar-refractivity contribution in [1.82, 2.24) is 4.98 Å². The fourth-order valence-corrected chi connectivity index (χ4v) is 1.88. The van der Waals surface area contributed by atoms with Crippen LogP contribution in [0.25, 0.3) is 0 Å². The molecular formula is C13H9Cl2FN2O. The van der Waals surface area contributed by atoms with Crippen molar-refractivity contribution in [2.24, 2.45) is 0 Å². The van der Waals surface area contributed by atoms with E-state index in [1.165, 1.54) is 18.2 Å². The maximum Gasteiger partial charge on any atom is 0.275 e. The van der Waals surface area contributed by atoms with E-state index in [2.05, 4.69) is 10.3 Å². The van der Waals surface area contributed by atoms with Crippen molar-refractivity contribution in [2.45, 2.75) is 6.92 Å². The highest BCUT2D eigenvalue weighted by Gasteiger charge is 2.16. The minimum atomic E-state index is -0.610. The topological polar surface area (TPSA) is 42.0 Å². The average molecular weight is 299 g/mol. The lowest BCUT2D eigenvalue weighted by Crippen LogP contribution is -2.16. The summed E-state index contributed by atoms with van der Waals surface area (Å²) in [5, 5.41) is 2.73. The molecule has 0 spiro atoms. The zero-order valence-corrected chi connectivity index (χ0v) is 11.4. The number of carbonyl (C=O) groups excluding carboxylic acids is 1. The van der Waals surface area contributed by atoms with Crippen LogP contribution in [0.4, 0.5) is 10.1 Å². The molecule has 1 heterocycles. The number of para-hydroxylation sites is 1. The van der Waals surface area contributed by atoms with Crippen molar-refractivity contribution in [2.75, 3.05) is 5.32 Å². The summed E-state index contributed by atoms with van der Waals surface area (Å²) in [6.45, 7) is 1.69. The molecule has 1 aromatic carbocycles. The van der Waals surface area contributed by atoms with Crippen LogP contribution in [-0.2, 0) is 0 Å². The predicted molar refractivity (Wildman–Crippen MR) is 73.3 cm³/mol. The summed E-state index contributed by atoms with van der Waals surface area (Å²) in [5.74, 6) is -1.13. The number of amides is 1. The standard InChI is InChI=1S/C13H9Cl2FN2O/c1-7-3-2-4-9(16)11(7)18-13(19)12-8(14)5-6-10(15)17-12/h2-6H,1H3,(H,18,19). The Hall–Kier alpha value is -1.65.